The first-order valence-corrected chi connectivity index (χ1v) is 7.98. The zero-order chi connectivity index (χ0) is 17.7. The summed E-state index contributed by atoms with van der Waals surface area (Å²) in [5, 5.41) is 3.09. The van der Waals surface area contributed by atoms with E-state index in [1.807, 2.05) is 69.3 Å². The number of rotatable bonds is 6. The number of carbonyl (C=O) groups excluding carboxylic acids is 1. The lowest BCUT2D eigenvalue weighted by atomic mass is 9.83. The summed E-state index contributed by atoms with van der Waals surface area (Å²) in [5.41, 5.74) is 1.35. The molecule has 0 aliphatic rings. The van der Waals surface area contributed by atoms with Gasteiger partial charge in [-0.2, -0.15) is 0 Å². The predicted octanol–water partition coefficient (Wildman–Crippen LogP) is 3.86. The second-order valence-corrected chi connectivity index (χ2v) is 6.32. The van der Waals surface area contributed by atoms with Gasteiger partial charge < -0.3 is 14.8 Å². The van der Waals surface area contributed by atoms with Crippen molar-refractivity contribution in [2.24, 2.45) is 0 Å². The Balaban J connectivity index is 2.10. The highest BCUT2D eigenvalue weighted by atomic mass is 16.5. The smallest absolute Gasteiger partial charge is 0.230 e. The second kappa shape index (κ2) is 7.39. The van der Waals surface area contributed by atoms with Gasteiger partial charge in [-0.05, 0) is 56.2 Å². The molecule has 1 unspecified atom stereocenters. The number of benzene rings is 2. The first kappa shape index (κ1) is 17.9. The van der Waals surface area contributed by atoms with Crippen molar-refractivity contribution in [3.05, 3.63) is 59.7 Å². The van der Waals surface area contributed by atoms with Gasteiger partial charge in [-0.1, -0.05) is 24.3 Å². The molecule has 2 aromatic rings. The van der Waals surface area contributed by atoms with E-state index in [0.717, 1.165) is 22.6 Å². The van der Waals surface area contributed by atoms with Gasteiger partial charge in [-0.15, -0.1) is 0 Å². The molecule has 0 aliphatic heterocycles. The van der Waals surface area contributed by atoms with Gasteiger partial charge in [0.25, 0.3) is 0 Å². The summed E-state index contributed by atoms with van der Waals surface area (Å²) < 4.78 is 10.3. The molecular weight excluding hydrogens is 302 g/mol. The Hall–Kier alpha value is -2.49. The summed E-state index contributed by atoms with van der Waals surface area (Å²) in [5.74, 6) is 1.56. The average Bonchev–Trinajstić information content (AvgIpc) is 2.61. The molecule has 0 spiro atoms. The normalized spacial score (nSPS) is 12.4. The fraction of sp³-hybridized carbons (Fsp3) is 0.350. The molecule has 24 heavy (non-hydrogen) atoms. The van der Waals surface area contributed by atoms with E-state index in [1.165, 1.54) is 0 Å². The van der Waals surface area contributed by atoms with E-state index in [4.69, 9.17) is 9.47 Å². The van der Waals surface area contributed by atoms with Crippen LogP contribution in [0.15, 0.2) is 48.5 Å². The number of amides is 1. The van der Waals surface area contributed by atoms with E-state index in [0.29, 0.717) is 0 Å². The van der Waals surface area contributed by atoms with E-state index in [9.17, 15) is 4.79 Å². The molecule has 0 aromatic heterocycles. The van der Waals surface area contributed by atoms with Crippen LogP contribution in [0.1, 0.15) is 37.9 Å². The Labute approximate surface area is 143 Å². The van der Waals surface area contributed by atoms with Gasteiger partial charge in [0.05, 0.1) is 25.7 Å². The largest absolute Gasteiger partial charge is 0.497 e. The molecular formula is C20H25NO3. The van der Waals surface area contributed by atoms with E-state index >= 15 is 0 Å². The Morgan fingerprint density at radius 2 is 1.38 bits per heavy atom. The summed E-state index contributed by atoms with van der Waals surface area (Å²) in [7, 11) is 3.26. The van der Waals surface area contributed by atoms with Gasteiger partial charge in [0.15, 0.2) is 0 Å². The number of nitrogens with one attached hydrogen (secondary N) is 1. The summed E-state index contributed by atoms with van der Waals surface area (Å²) in [6.45, 7) is 5.82. The highest BCUT2D eigenvalue weighted by molar-refractivity contribution is 5.87. The Kier molecular flexibility index (Phi) is 5.50. The molecule has 4 heteroatoms. The highest BCUT2D eigenvalue weighted by Gasteiger charge is 2.30. The summed E-state index contributed by atoms with van der Waals surface area (Å²) in [6, 6.07) is 15.2. The van der Waals surface area contributed by atoms with Crippen LogP contribution in [0.25, 0.3) is 0 Å². The summed E-state index contributed by atoms with van der Waals surface area (Å²) in [6.07, 6.45) is 0. The molecule has 0 radical (unpaired) electrons. The Bertz CT molecular complexity index is 675. The Morgan fingerprint density at radius 3 is 1.83 bits per heavy atom. The van der Waals surface area contributed by atoms with Crippen LogP contribution in [-0.4, -0.2) is 20.1 Å². The van der Waals surface area contributed by atoms with Gasteiger partial charge in [-0.3, -0.25) is 4.79 Å². The number of ether oxygens (including phenoxy) is 2. The van der Waals surface area contributed by atoms with Crippen LogP contribution in [0.2, 0.25) is 0 Å². The van der Waals surface area contributed by atoms with Crippen molar-refractivity contribution in [3.63, 3.8) is 0 Å². The monoisotopic (exact) mass is 327 g/mol. The van der Waals surface area contributed by atoms with Gasteiger partial charge >= 0.3 is 0 Å². The van der Waals surface area contributed by atoms with Crippen molar-refractivity contribution < 1.29 is 14.3 Å². The molecule has 0 fully saturated rings. The molecule has 2 aromatic carbocycles. The fourth-order valence-electron chi connectivity index (χ4n) is 2.49. The quantitative estimate of drug-likeness (QED) is 0.876. The number of carbonyl (C=O) groups is 1. The number of hydrogen-bond acceptors (Lipinski definition) is 3. The fourth-order valence-corrected chi connectivity index (χ4v) is 2.49. The maximum atomic E-state index is 12.8. The first-order chi connectivity index (χ1) is 11.4. The zero-order valence-corrected chi connectivity index (χ0v) is 14.9. The number of hydrogen-bond donors (Lipinski definition) is 1. The molecule has 4 nitrogen and oxygen atoms in total. The van der Waals surface area contributed by atoms with Crippen LogP contribution in [0.5, 0.6) is 11.5 Å². The van der Waals surface area contributed by atoms with Crippen molar-refractivity contribution in [2.75, 3.05) is 14.2 Å². The van der Waals surface area contributed by atoms with E-state index in [-0.39, 0.29) is 11.9 Å². The van der Waals surface area contributed by atoms with Crippen molar-refractivity contribution in [3.8, 4) is 11.5 Å². The van der Waals surface area contributed by atoms with E-state index < -0.39 is 5.41 Å². The SMILES string of the molecule is COc1ccc(C(C)NC(=O)C(C)(C)c2ccc(OC)cc2)cc1. The number of methoxy groups -OCH3 is 2. The van der Waals surface area contributed by atoms with E-state index in [1.54, 1.807) is 14.2 Å². The Morgan fingerprint density at radius 1 is 0.917 bits per heavy atom. The van der Waals surface area contributed by atoms with Crippen molar-refractivity contribution in [1.82, 2.24) is 5.32 Å². The molecule has 0 bridgehead atoms. The van der Waals surface area contributed by atoms with Gasteiger partial charge in [-0.25, -0.2) is 0 Å². The minimum atomic E-state index is -0.632. The van der Waals surface area contributed by atoms with Crippen molar-refractivity contribution in [2.45, 2.75) is 32.2 Å². The standard InChI is InChI=1S/C20H25NO3/c1-14(15-6-10-17(23-4)11-7-15)21-19(22)20(2,3)16-8-12-18(24-5)13-9-16/h6-14H,1-5H3,(H,21,22). The van der Waals surface area contributed by atoms with Crippen LogP contribution < -0.4 is 14.8 Å². The summed E-state index contributed by atoms with van der Waals surface area (Å²) >= 11 is 0. The third-order valence-electron chi connectivity index (χ3n) is 4.34. The van der Waals surface area contributed by atoms with Gasteiger partial charge in [0, 0.05) is 0 Å². The van der Waals surface area contributed by atoms with Crippen LogP contribution >= 0.6 is 0 Å². The van der Waals surface area contributed by atoms with Crippen LogP contribution in [-0.2, 0) is 10.2 Å². The van der Waals surface area contributed by atoms with Crippen LogP contribution in [0.3, 0.4) is 0 Å². The van der Waals surface area contributed by atoms with Gasteiger partial charge in [0.2, 0.25) is 5.91 Å². The lowest BCUT2D eigenvalue weighted by Gasteiger charge is -2.27. The average molecular weight is 327 g/mol. The molecule has 0 heterocycles. The van der Waals surface area contributed by atoms with Crippen LogP contribution in [0, 0.1) is 0 Å². The molecule has 0 saturated heterocycles. The molecule has 1 atom stereocenters. The molecule has 0 aliphatic carbocycles. The molecule has 0 saturated carbocycles. The van der Waals surface area contributed by atoms with E-state index in [2.05, 4.69) is 5.32 Å². The lowest BCUT2D eigenvalue weighted by molar-refractivity contribution is -0.126. The topological polar surface area (TPSA) is 47.6 Å². The molecule has 1 N–H and O–H groups in total. The zero-order valence-electron chi connectivity index (χ0n) is 14.9. The molecule has 128 valence electrons. The third kappa shape index (κ3) is 3.88. The molecule has 1 amide bonds. The highest BCUT2D eigenvalue weighted by Crippen LogP contribution is 2.27. The van der Waals surface area contributed by atoms with Crippen molar-refractivity contribution >= 4 is 5.91 Å². The third-order valence-corrected chi connectivity index (χ3v) is 4.34. The first-order valence-electron chi connectivity index (χ1n) is 7.98. The van der Waals surface area contributed by atoms with Gasteiger partial charge in [0.1, 0.15) is 11.5 Å². The predicted molar refractivity (Wildman–Crippen MR) is 95.6 cm³/mol. The molecule has 2 rings (SSSR count). The minimum Gasteiger partial charge on any atom is -0.497 e. The van der Waals surface area contributed by atoms with Crippen molar-refractivity contribution in [1.29, 1.82) is 0 Å². The lowest BCUT2D eigenvalue weighted by Crippen LogP contribution is -2.41. The summed E-state index contributed by atoms with van der Waals surface area (Å²) in [4.78, 5) is 12.8. The maximum Gasteiger partial charge on any atom is 0.230 e. The maximum absolute atomic E-state index is 12.8. The van der Waals surface area contributed by atoms with Crippen LogP contribution in [0.4, 0.5) is 0 Å². The second-order valence-electron chi connectivity index (χ2n) is 6.32. The minimum absolute atomic E-state index is 0.0176.